The van der Waals surface area contributed by atoms with Gasteiger partial charge in [0.2, 0.25) is 0 Å². The Bertz CT molecular complexity index is 242. The van der Waals surface area contributed by atoms with E-state index in [4.69, 9.17) is 0 Å². The van der Waals surface area contributed by atoms with Crippen molar-refractivity contribution >= 4 is 13.3 Å². The molecule has 2 heteroatoms. The molecule has 1 rings (SSSR count). The second-order valence-corrected chi connectivity index (χ2v) is 4.56. The van der Waals surface area contributed by atoms with Crippen LogP contribution in [0, 0.1) is 6.92 Å². The largest absolute Gasteiger partial charge is 0.312 e. The van der Waals surface area contributed by atoms with Crippen LogP contribution in [-0.4, -0.2) is 19.9 Å². The lowest BCUT2D eigenvalue weighted by molar-refractivity contribution is 0.518. The second-order valence-electron chi connectivity index (χ2n) is 4.56. The zero-order valence-electron chi connectivity index (χ0n) is 11.0. The van der Waals surface area contributed by atoms with Crippen molar-refractivity contribution in [1.29, 1.82) is 0 Å². The van der Waals surface area contributed by atoms with Crippen molar-refractivity contribution in [1.82, 2.24) is 5.32 Å². The predicted molar refractivity (Wildman–Crippen MR) is 72.8 cm³/mol. The van der Waals surface area contributed by atoms with Gasteiger partial charge in [-0.3, -0.25) is 0 Å². The van der Waals surface area contributed by atoms with Crippen LogP contribution in [0.3, 0.4) is 0 Å². The lowest BCUT2D eigenvalue weighted by atomic mass is 9.92. The molecule has 0 aliphatic rings. The summed E-state index contributed by atoms with van der Waals surface area (Å²) in [6, 6.07) is 9.61. The van der Waals surface area contributed by atoms with Crippen molar-refractivity contribution in [2.45, 2.75) is 46.7 Å². The highest BCUT2D eigenvalue weighted by atomic mass is 14.9. The lowest BCUT2D eigenvalue weighted by Crippen LogP contribution is -2.29. The van der Waals surface area contributed by atoms with Crippen LogP contribution in [0.4, 0.5) is 0 Å². The molecule has 0 saturated carbocycles. The molecule has 0 bridgehead atoms. The van der Waals surface area contributed by atoms with Gasteiger partial charge in [-0.25, -0.2) is 0 Å². The molecule has 0 heterocycles. The van der Waals surface area contributed by atoms with Crippen molar-refractivity contribution in [2.75, 3.05) is 0 Å². The maximum absolute atomic E-state index is 3.31. The van der Waals surface area contributed by atoms with Gasteiger partial charge in [0.05, 0.1) is 0 Å². The van der Waals surface area contributed by atoms with E-state index in [1.807, 2.05) is 0 Å². The van der Waals surface area contributed by atoms with Gasteiger partial charge in [-0.05, 0) is 6.92 Å². The van der Waals surface area contributed by atoms with Crippen LogP contribution in [0.5, 0.6) is 0 Å². The van der Waals surface area contributed by atoms with Crippen LogP contribution >= 0.6 is 0 Å². The van der Waals surface area contributed by atoms with E-state index in [-0.39, 0.29) is 0 Å². The monoisotopic (exact) mass is 205 g/mol. The van der Waals surface area contributed by atoms with Crippen LogP contribution < -0.4 is 10.8 Å². The minimum Gasteiger partial charge on any atom is -0.312 e. The van der Waals surface area contributed by atoms with Gasteiger partial charge in [0, 0.05) is 12.1 Å². The minimum absolute atomic E-state index is 0.625. The zero-order chi connectivity index (χ0) is 11.8. The topological polar surface area (TPSA) is 12.0 Å². The number of benzene rings is 1. The first-order chi connectivity index (χ1) is 6.93. The minimum atomic E-state index is 0.625. The molecular weight excluding hydrogens is 181 g/mol. The Kier molecular flexibility index (Phi) is 7.15. The van der Waals surface area contributed by atoms with Gasteiger partial charge in [0.1, 0.15) is 7.85 Å². The molecule has 0 spiro atoms. The van der Waals surface area contributed by atoms with Gasteiger partial charge in [-0.1, -0.05) is 63.0 Å². The van der Waals surface area contributed by atoms with E-state index >= 15 is 0 Å². The molecule has 0 unspecified atom stereocenters. The third kappa shape index (κ3) is 8.25. The van der Waals surface area contributed by atoms with E-state index in [1.54, 1.807) is 0 Å². The Labute approximate surface area is 95.7 Å². The van der Waals surface area contributed by atoms with Gasteiger partial charge in [0.25, 0.3) is 0 Å². The number of hydrogen-bond donors (Lipinski definition) is 1. The van der Waals surface area contributed by atoms with Gasteiger partial charge in [0.15, 0.2) is 0 Å². The fraction of sp³-hybridized carbons (Fsp3) is 0.538. The van der Waals surface area contributed by atoms with Crippen molar-refractivity contribution in [3.8, 4) is 0 Å². The number of rotatable bonds is 2. The van der Waals surface area contributed by atoms with Crippen LogP contribution in [0.15, 0.2) is 24.3 Å². The summed E-state index contributed by atoms with van der Waals surface area (Å²) < 4.78 is 0. The molecule has 0 saturated heterocycles. The van der Waals surface area contributed by atoms with Crippen LogP contribution in [0.25, 0.3) is 0 Å². The first-order valence-electron chi connectivity index (χ1n) is 5.71. The van der Waals surface area contributed by atoms with E-state index in [9.17, 15) is 0 Å². The van der Waals surface area contributed by atoms with Crippen molar-refractivity contribution in [3.05, 3.63) is 29.8 Å². The summed E-state index contributed by atoms with van der Waals surface area (Å²) in [6.45, 7) is 10.7. The van der Waals surface area contributed by atoms with Gasteiger partial charge in [-0.15, -0.1) is 0 Å². The third-order valence-corrected chi connectivity index (χ3v) is 2.09. The van der Waals surface area contributed by atoms with E-state index in [2.05, 4.69) is 72.0 Å². The molecule has 1 aromatic rings. The first-order valence-corrected chi connectivity index (χ1v) is 5.71. The summed E-state index contributed by atoms with van der Waals surface area (Å²) >= 11 is 0. The molecule has 0 aliphatic heterocycles. The van der Waals surface area contributed by atoms with Gasteiger partial charge in [-0.2, -0.15) is 0 Å². The Morgan fingerprint density at radius 1 is 1.00 bits per heavy atom. The van der Waals surface area contributed by atoms with Crippen molar-refractivity contribution in [2.24, 2.45) is 0 Å². The van der Waals surface area contributed by atoms with E-state index < -0.39 is 0 Å². The summed E-state index contributed by atoms with van der Waals surface area (Å²) in [5, 5.41) is 3.31. The number of aryl methyl sites for hydroxylation is 1. The predicted octanol–water partition coefficient (Wildman–Crippen LogP) is 1.65. The quantitative estimate of drug-likeness (QED) is 0.724. The molecule has 0 aliphatic carbocycles. The third-order valence-electron chi connectivity index (χ3n) is 2.09. The fourth-order valence-corrected chi connectivity index (χ4v) is 1.33. The highest BCUT2D eigenvalue weighted by molar-refractivity contribution is 6.33. The molecule has 0 atom stereocenters. The maximum atomic E-state index is 3.31. The van der Waals surface area contributed by atoms with E-state index in [0.717, 1.165) is 0 Å². The smallest absolute Gasteiger partial charge is 0.139 e. The summed E-state index contributed by atoms with van der Waals surface area (Å²) in [6.07, 6.45) is 0. The van der Waals surface area contributed by atoms with Gasteiger partial charge < -0.3 is 5.32 Å². The molecule has 0 fully saturated rings. The van der Waals surface area contributed by atoms with Crippen molar-refractivity contribution in [3.63, 3.8) is 0 Å². The standard InChI is InChI=1S/C7H9B.C6H15N/c1-6-4-2-3-5-7(6)8;1-5(2)7-6(3)4/h2-5H,8H2,1H3;5-7H,1-4H3. The molecule has 0 radical (unpaired) electrons. The van der Waals surface area contributed by atoms with E-state index in [1.165, 1.54) is 11.0 Å². The normalized spacial score (nSPS) is 10.1. The Morgan fingerprint density at radius 3 is 1.67 bits per heavy atom. The van der Waals surface area contributed by atoms with Crippen LogP contribution in [0.1, 0.15) is 33.3 Å². The van der Waals surface area contributed by atoms with Crippen molar-refractivity contribution < 1.29 is 0 Å². The highest BCUT2D eigenvalue weighted by Crippen LogP contribution is 1.88. The number of nitrogens with one attached hydrogen (secondary N) is 1. The second kappa shape index (κ2) is 7.53. The SMILES string of the molecule is Bc1ccccc1C.CC(C)NC(C)C. The molecule has 0 amide bonds. The van der Waals surface area contributed by atoms with E-state index in [0.29, 0.717) is 12.1 Å². The molecule has 0 aromatic heterocycles. The molecule has 84 valence electrons. The Hall–Kier alpha value is -0.755. The highest BCUT2D eigenvalue weighted by Gasteiger charge is 1.92. The summed E-state index contributed by atoms with van der Waals surface area (Å²) in [5.74, 6) is 0. The van der Waals surface area contributed by atoms with Gasteiger partial charge >= 0.3 is 0 Å². The molecule has 15 heavy (non-hydrogen) atoms. The Balaban J connectivity index is 0.000000265. The summed E-state index contributed by atoms with van der Waals surface area (Å²) in [5.41, 5.74) is 2.74. The zero-order valence-corrected chi connectivity index (χ0v) is 11.0. The fourth-order valence-electron chi connectivity index (χ4n) is 1.33. The maximum Gasteiger partial charge on any atom is 0.139 e. The molecule has 1 aromatic carbocycles. The number of hydrogen-bond acceptors (Lipinski definition) is 1. The molecule has 1 nitrogen and oxygen atoms in total. The first kappa shape index (κ1) is 14.2. The average molecular weight is 205 g/mol. The molecular formula is C13H24BN. The lowest BCUT2D eigenvalue weighted by Gasteiger charge is -2.10. The molecule has 1 N–H and O–H groups in total. The summed E-state index contributed by atoms with van der Waals surface area (Å²) in [7, 11) is 2.12. The summed E-state index contributed by atoms with van der Waals surface area (Å²) in [4.78, 5) is 0. The Morgan fingerprint density at radius 2 is 1.47 bits per heavy atom. The van der Waals surface area contributed by atoms with Crippen LogP contribution in [0.2, 0.25) is 0 Å². The average Bonchev–Trinajstić information content (AvgIpc) is 2.08. The van der Waals surface area contributed by atoms with Crippen LogP contribution in [-0.2, 0) is 0 Å².